The Hall–Kier alpha value is -2.88. The second-order valence-corrected chi connectivity index (χ2v) is 5.54. The van der Waals surface area contributed by atoms with Gasteiger partial charge in [-0.3, -0.25) is 4.79 Å². The minimum absolute atomic E-state index is 0.133. The summed E-state index contributed by atoms with van der Waals surface area (Å²) in [4.78, 5) is 15.7. The predicted octanol–water partition coefficient (Wildman–Crippen LogP) is 4.01. The highest BCUT2D eigenvalue weighted by atomic mass is 32.1. The standard InChI is InChI=1S/C15H8F4N4OS/c16-10-5-8(1-2-9(10)15(17,18)19)11-3-4-13(23-22-11)21-14(24)12-6-25-7-20-12/h1-7H,(H,21,23,24). The van der Waals surface area contributed by atoms with Gasteiger partial charge in [0.15, 0.2) is 5.82 Å². The molecule has 3 rings (SSSR count). The number of rotatable bonds is 3. The van der Waals surface area contributed by atoms with Crippen molar-refractivity contribution in [3.63, 3.8) is 0 Å². The molecule has 1 N–H and O–H groups in total. The summed E-state index contributed by atoms with van der Waals surface area (Å²) in [5, 5.41) is 11.6. The van der Waals surface area contributed by atoms with Crippen LogP contribution < -0.4 is 5.32 Å². The van der Waals surface area contributed by atoms with Crippen molar-refractivity contribution < 1.29 is 22.4 Å². The van der Waals surface area contributed by atoms with E-state index in [4.69, 9.17) is 0 Å². The predicted molar refractivity (Wildman–Crippen MR) is 82.5 cm³/mol. The van der Waals surface area contributed by atoms with E-state index in [2.05, 4.69) is 20.5 Å². The van der Waals surface area contributed by atoms with Gasteiger partial charge < -0.3 is 5.32 Å². The number of halogens is 4. The molecule has 1 amide bonds. The number of nitrogens with zero attached hydrogens (tertiary/aromatic N) is 3. The highest BCUT2D eigenvalue weighted by molar-refractivity contribution is 7.07. The topological polar surface area (TPSA) is 67.8 Å². The Morgan fingerprint density at radius 1 is 1.12 bits per heavy atom. The summed E-state index contributed by atoms with van der Waals surface area (Å²) in [5.41, 5.74) is 0.676. The summed E-state index contributed by atoms with van der Waals surface area (Å²) in [7, 11) is 0. The first kappa shape index (κ1) is 17.0. The molecule has 10 heteroatoms. The highest BCUT2D eigenvalue weighted by Crippen LogP contribution is 2.33. The number of alkyl halides is 3. The number of hydrogen-bond donors (Lipinski definition) is 1. The molecule has 2 aromatic heterocycles. The number of aromatic nitrogens is 3. The Kier molecular flexibility index (Phi) is 4.45. The third kappa shape index (κ3) is 3.79. The van der Waals surface area contributed by atoms with Gasteiger partial charge in [0, 0.05) is 10.9 Å². The van der Waals surface area contributed by atoms with E-state index in [9.17, 15) is 22.4 Å². The number of anilines is 1. The molecule has 25 heavy (non-hydrogen) atoms. The van der Waals surface area contributed by atoms with Crippen LogP contribution >= 0.6 is 11.3 Å². The molecule has 1 aromatic carbocycles. The molecule has 0 bridgehead atoms. The Morgan fingerprint density at radius 3 is 2.48 bits per heavy atom. The van der Waals surface area contributed by atoms with Crippen molar-refractivity contribution in [3.8, 4) is 11.3 Å². The van der Waals surface area contributed by atoms with Gasteiger partial charge in [-0.05, 0) is 24.3 Å². The maximum Gasteiger partial charge on any atom is 0.419 e. The lowest BCUT2D eigenvalue weighted by Crippen LogP contribution is -2.13. The van der Waals surface area contributed by atoms with Gasteiger partial charge in [-0.25, -0.2) is 9.37 Å². The van der Waals surface area contributed by atoms with Crippen LogP contribution in [0.5, 0.6) is 0 Å². The third-order valence-corrected chi connectivity index (χ3v) is 3.73. The lowest BCUT2D eigenvalue weighted by atomic mass is 10.1. The first-order valence-corrected chi connectivity index (χ1v) is 7.69. The Balaban J connectivity index is 1.78. The van der Waals surface area contributed by atoms with Crippen molar-refractivity contribution in [2.24, 2.45) is 0 Å². The number of carbonyl (C=O) groups excluding carboxylic acids is 1. The first-order chi connectivity index (χ1) is 11.8. The van der Waals surface area contributed by atoms with Crippen molar-refractivity contribution >= 4 is 23.1 Å². The zero-order valence-corrected chi connectivity index (χ0v) is 13.0. The smallest absolute Gasteiger partial charge is 0.304 e. The third-order valence-electron chi connectivity index (χ3n) is 3.14. The average Bonchev–Trinajstić information content (AvgIpc) is 3.09. The number of amides is 1. The number of thiazole rings is 1. The van der Waals surface area contributed by atoms with Crippen LogP contribution in [-0.2, 0) is 6.18 Å². The maximum absolute atomic E-state index is 13.6. The van der Waals surface area contributed by atoms with Crippen molar-refractivity contribution in [3.05, 3.63) is 58.3 Å². The van der Waals surface area contributed by atoms with Crippen LogP contribution in [0.2, 0.25) is 0 Å². The minimum Gasteiger partial charge on any atom is -0.304 e. The van der Waals surface area contributed by atoms with E-state index in [0.29, 0.717) is 6.07 Å². The van der Waals surface area contributed by atoms with Gasteiger partial charge in [-0.2, -0.15) is 13.2 Å². The Labute approximate surface area is 142 Å². The van der Waals surface area contributed by atoms with Crippen molar-refractivity contribution in [2.75, 3.05) is 5.32 Å². The van der Waals surface area contributed by atoms with E-state index in [1.807, 2.05) is 0 Å². The van der Waals surface area contributed by atoms with Crippen LogP contribution in [0.1, 0.15) is 16.1 Å². The zero-order valence-electron chi connectivity index (χ0n) is 12.2. The summed E-state index contributed by atoms with van der Waals surface area (Å²) in [6.07, 6.45) is -4.77. The number of hydrogen-bond acceptors (Lipinski definition) is 5. The molecule has 2 heterocycles. The van der Waals surface area contributed by atoms with Crippen molar-refractivity contribution in [1.82, 2.24) is 15.2 Å². The van der Waals surface area contributed by atoms with Gasteiger partial charge in [0.05, 0.1) is 16.8 Å². The largest absolute Gasteiger partial charge is 0.419 e. The Morgan fingerprint density at radius 2 is 1.92 bits per heavy atom. The molecule has 0 aliphatic rings. The summed E-state index contributed by atoms with van der Waals surface area (Å²) in [5.74, 6) is -1.73. The van der Waals surface area contributed by atoms with Crippen LogP contribution in [0.3, 0.4) is 0 Å². The Bertz CT molecular complexity index is 895. The van der Waals surface area contributed by atoms with Crippen molar-refractivity contribution in [1.29, 1.82) is 0 Å². The summed E-state index contributed by atoms with van der Waals surface area (Å²) >= 11 is 1.26. The van der Waals surface area contributed by atoms with Crippen LogP contribution in [0.4, 0.5) is 23.4 Å². The summed E-state index contributed by atoms with van der Waals surface area (Å²) in [6.45, 7) is 0. The van der Waals surface area contributed by atoms with Gasteiger partial charge in [-0.1, -0.05) is 6.07 Å². The average molecular weight is 368 g/mol. The second kappa shape index (κ2) is 6.55. The maximum atomic E-state index is 13.6. The van der Waals surface area contributed by atoms with Crippen LogP contribution in [0.15, 0.2) is 41.2 Å². The van der Waals surface area contributed by atoms with Crippen molar-refractivity contribution in [2.45, 2.75) is 6.18 Å². The van der Waals surface area contributed by atoms with E-state index < -0.39 is 23.5 Å². The molecule has 3 aromatic rings. The number of benzene rings is 1. The normalized spacial score (nSPS) is 11.4. The highest BCUT2D eigenvalue weighted by Gasteiger charge is 2.34. The van der Waals surface area contributed by atoms with Gasteiger partial charge in [-0.15, -0.1) is 21.5 Å². The van der Waals surface area contributed by atoms with Gasteiger partial charge in [0.1, 0.15) is 11.5 Å². The molecule has 0 radical (unpaired) electrons. The van der Waals surface area contributed by atoms with E-state index in [0.717, 1.165) is 12.1 Å². The van der Waals surface area contributed by atoms with E-state index in [1.165, 1.54) is 29.0 Å². The van der Waals surface area contributed by atoms with Gasteiger partial charge in [0.2, 0.25) is 0 Å². The van der Waals surface area contributed by atoms with E-state index in [1.54, 1.807) is 5.38 Å². The van der Waals surface area contributed by atoms with Gasteiger partial charge >= 0.3 is 6.18 Å². The SMILES string of the molecule is O=C(Nc1ccc(-c2ccc(C(F)(F)F)c(F)c2)nn1)c1cscn1. The second-order valence-electron chi connectivity index (χ2n) is 4.82. The molecule has 0 fully saturated rings. The molecule has 0 atom stereocenters. The molecule has 5 nitrogen and oxygen atoms in total. The van der Waals surface area contributed by atoms with Crippen LogP contribution in [0, 0.1) is 5.82 Å². The zero-order chi connectivity index (χ0) is 18.0. The van der Waals surface area contributed by atoms with Crippen LogP contribution in [-0.4, -0.2) is 21.1 Å². The van der Waals surface area contributed by atoms with Crippen LogP contribution in [0.25, 0.3) is 11.3 Å². The van der Waals surface area contributed by atoms with E-state index in [-0.39, 0.29) is 22.8 Å². The number of nitrogens with one attached hydrogen (secondary N) is 1. The molecule has 0 saturated carbocycles. The minimum atomic E-state index is -4.77. The number of carbonyl (C=O) groups is 1. The molecule has 0 unspecified atom stereocenters. The lowest BCUT2D eigenvalue weighted by molar-refractivity contribution is -0.139. The fraction of sp³-hybridized carbons (Fsp3) is 0.0667. The molecular formula is C15H8F4N4OS. The summed E-state index contributed by atoms with van der Waals surface area (Å²) < 4.78 is 51.3. The van der Waals surface area contributed by atoms with E-state index >= 15 is 0 Å². The molecule has 0 saturated heterocycles. The fourth-order valence-corrected chi connectivity index (χ4v) is 2.49. The quantitative estimate of drug-likeness (QED) is 0.710. The van der Waals surface area contributed by atoms with Gasteiger partial charge in [0.25, 0.3) is 5.91 Å². The fourth-order valence-electron chi connectivity index (χ4n) is 1.96. The molecular weight excluding hydrogens is 360 g/mol. The summed E-state index contributed by atoms with van der Waals surface area (Å²) in [6, 6.07) is 5.29. The first-order valence-electron chi connectivity index (χ1n) is 6.75. The monoisotopic (exact) mass is 368 g/mol. The molecule has 0 aliphatic heterocycles. The molecule has 0 aliphatic carbocycles. The lowest BCUT2D eigenvalue weighted by Gasteiger charge is -2.09. The molecule has 0 spiro atoms. The molecule has 128 valence electrons.